The topological polar surface area (TPSA) is 32.3 Å². The fourth-order valence-corrected chi connectivity index (χ4v) is 1.41. The molecule has 1 rings (SSSR count). The molecule has 0 heterocycles. The second kappa shape index (κ2) is 4.50. The molecule has 0 N–H and O–H groups in total. The molecule has 0 aliphatic carbocycles. The first-order valence-electron chi connectivity index (χ1n) is 3.53. The molecule has 0 aliphatic rings. The molecule has 0 aliphatic heterocycles. The molecule has 3 heteroatoms. The lowest BCUT2D eigenvalue weighted by atomic mass is 10.2. The third-order valence-electron chi connectivity index (χ3n) is 1.52. The first-order valence-corrected chi connectivity index (χ1v) is 5.09. The molecule has 0 aromatic heterocycles. The molecule has 1 atom stereocenters. The minimum absolute atomic E-state index is 0.497. The quantitative estimate of drug-likeness (QED) is 0.668. The zero-order chi connectivity index (χ0) is 8.97. The summed E-state index contributed by atoms with van der Waals surface area (Å²) in [4.78, 5) is 0.836. The van der Waals surface area contributed by atoms with Crippen molar-refractivity contribution in [1.29, 1.82) is 0 Å². The highest BCUT2D eigenvalue weighted by molar-refractivity contribution is 7.90. The van der Waals surface area contributed by atoms with Gasteiger partial charge in [-0.1, -0.05) is 12.1 Å². The standard InChI is InChI=1S/C9H11O2S/c1-11-7-8-3-5-9(6-4-8)12(2)10/h3-6H,1,7H2,2H3. The lowest BCUT2D eigenvalue weighted by Crippen LogP contribution is -1.97. The van der Waals surface area contributed by atoms with Gasteiger partial charge in [-0.05, 0) is 28.9 Å². The molecule has 65 valence electrons. The number of hydrogen-bond acceptors (Lipinski definition) is 2. The molecule has 1 aromatic carbocycles. The molecular weight excluding hydrogens is 172 g/mol. The van der Waals surface area contributed by atoms with Crippen LogP contribution in [0.4, 0.5) is 0 Å². The van der Waals surface area contributed by atoms with Gasteiger partial charge in [-0.25, -0.2) is 0 Å². The molecule has 0 spiro atoms. The Morgan fingerprint density at radius 3 is 2.42 bits per heavy atom. The van der Waals surface area contributed by atoms with Crippen LogP contribution in [0.25, 0.3) is 0 Å². The molecule has 0 bridgehead atoms. The average molecular weight is 183 g/mol. The first kappa shape index (κ1) is 9.58. The monoisotopic (exact) mass is 183 g/mol. The van der Waals surface area contributed by atoms with Crippen molar-refractivity contribution < 1.29 is 9.29 Å². The highest BCUT2D eigenvalue weighted by Gasteiger charge is 2.02. The van der Waals surface area contributed by atoms with E-state index in [1.54, 1.807) is 6.26 Å². The highest BCUT2D eigenvalue weighted by atomic mass is 32.2. The number of hydrogen-bond donors (Lipinski definition) is 0. The van der Waals surface area contributed by atoms with Crippen molar-refractivity contribution in [1.82, 2.24) is 0 Å². The van der Waals surface area contributed by atoms with E-state index in [1.807, 2.05) is 24.3 Å². The van der Waals surface area contributed by atoms with Crippen LogP contribution in [0.2, 0.25) is 0 Å². The van der Waals surface area contributed by atoms with E-state index in [2.05, 4.69) is 7.11 Å². The van der Waals surface area contributed by atoms with Crippen LogP contribution in [0.5, 0.6) is 0 Å². The van der Waals surface area contributed by atoms with Crippen molar-refractivity contribution in [3.63, 3.8) is 0 Å². The Kier molecular flexibility index (Phi) is 3.59. The van der Waals surface area contributed by atoms with Gasteiger partial charge in [-0.2, -0.15) is 0 Å². The average Bonchev–Trinajstić information content (AvgIpc) is 2.06. The van der Waals surface area contributed by atoms with Crippen LogP contribution in [0.15, 0.2) is 29.2 Å². The molecule has 1 aromatic rings. The maximum absolute atomic E-state index is 11.0. The summed E-state index contributed by atoms with van der Waals surface area (Å²) in [6.45, 7) is 0.497. The van der Waals surface area contributed by atoms with Crippen LogP contribution in [0.3, 0.4) is 0 Å². The van der Waals surface area contributed by atoms with E-state index >= 15 is 0 Å². The Labute approximate surface area is 75.7 Å². The lowest BCUT2D eigenvalue weighted by molar-refractivity contribution is 0.229. The van der Waals surface area contributed by atoms with Crippen LogP contribution < -0.4 is 0 Å². The Bertz CT molecular complexity index is 231. The van der Waals surface area contributed by atoms with E-state index in [0.717, 1.165) is 10.5 Å². The molecule has 0 saturated heterocycles. The normalized spacial score (nSPS) is 12.9. The van der Waals surface area contributed by atoms with Gasteiger partial charge in [0.05, 0.1) is 13.7 Å². The van der Waals surface area contributed by atoms with E-state index in [4.69, 9.17) is 4.74 Å². The van der Waals surface area contributed by atoms with E-state index in [-0.39, 0.29) is 0 Å². The van der Waals surface area contributed by atoms with Crippen LogP contribution >= 0.6 is 0 Å². The summed E-state index contributed by atoms with van der Waals surface area (Å²) in [6, 6.07) is 7.46. The molecule has 1 unspecified atom stereocenters. The summed E-state index contributed by atoms with van der Waals surface area (Å²) >= 11 is -0.898. The summed E-state index contributed by atoms with van der Waals surface area (Å²) < 4.78 is 15.7. The Morgan fingerprint density at radius 2 is 2.00 bits per heavy atom. The molecule has 0 saturated carbocycles. The fourth-order valence-electron chi connectivity index (χ4n) is 0.895. The lowest BCUT2D eigenvalue weighted by Gasteiger charge is -2.04. The Balaban J connectivity index is 2.71. The maximum Gasteiger partial charge on any atom is 0.152 e. The number of rotatable bonds is 3. The first-order chi connectivity index (χ1) is 5.74. The van der Waals surface area contributed by atoms with Gasteiger partial charge >= 0.3 is 0 Å². The van der Waals surface area contributed by atoms with Crippen LogP contribution in [-0.4, -0.2) is 10.8 Å². The van der Waals surface area contributed by atoms with E-state index in [1.165, 1.54) is 0 Å². The minimum atomic E-state index is -0.898. The smallest absolute Gasteiger partial charge is 0.152 e. The summed E-state index contributed by atoms with van der Waals surface area (Å²) in [6.07, 6.45) is 1.66. The van der Waals surface area contributed by atoms with Gasteiger partial charge in [0.1, 0.15) is 6.26 Å². The van der Waals surface area contributed by atoms with Crippen LogP contribution in [-0.2, 0) is 22.5 Å². The van der Waals surface area contributed by atoms with Crippen molar-refractivity contribution in [2.75, 3.05) is 6.26 Å². The van der Waals surface area contributed by atoms with Crippen molar-refractivity contribution in [3.8, 4) is 0 Å². The molecule has 12 heavy (non-hydrogen) atoms. The van der Waals surface area contributed by atoms with Gasteiger partial charge in [0.15, 0.2) is 4.90 Å². The molecule has 0 fully saturated rings. The van der Waals surface area contributed by atoms with Gasteiger partial charge in [0.2, 0.25) is 0 Å². The highest BCUT2D eigenvalue weighted by Crippen LogP contribution is 2.10. The third-order valence-corrected chi connectivity index (χ3v) is 2.46. The molecule has 1 radical (unpaired) electrons. The van der Waals surface area contributed by atoms with Crippen molar-refractivity contribution >= 4 is 11.2 Å². The predicted octanol–water partition coefficient (Wildman–Crippen LogP) is 1.73. The molecule has 0 amide bonds. The molecule has 2 nitrogen and oxygen atoms in total. The van der Waals surface area contributed by atoms with Gasteiger partial charge in [0, 0.05) is 0 Å². The van der Waals surface area contributed by atoms with E-state index in [9.17, 15) is 4.55 Å². The van der Waals surface area contributed by atoms with Crippen LogP contribution in [0, 0.1) is 7.11 Å². The van der Waals surface area contributed by atoms with Crippen molar-refractivity contribution in [2.24, 2.45) is 0 Å². The van der Waals surface area contributed by atoms with Gasteiger partial charge in [0.25, 0.3) is 0 Å². The van der Waals surface area contributed by atoms with Gasteiger partial charge < -0.3 is 9.29 Å². The summed E-state index contributed by atoms with van der Waals surface area (Å²) in [5, 5.41) is 0. The zero-order valence-corrected chi connectivity index (χ0v) is 7.76. The van der Waals surface area contributed by atoms with Crippen LogP contribution in [0.1, 0.15) is 5.56 Å². The minimum Gasteiger partial charge on any atom is -0.612 e. The van der Waals surface area contributed by atoms with Gasteiger partial charge in [-0.15, -0.1) is 0 Å². The van der Waals surface area contributed by atoms with Crippen molar-refractivity contribution in [3.05, 3.63) is 36.9 Å². The SMILES string of the molecule is [CH2]OCc1ccc([S+](C)[O-])cc1. The molecular formula is C9H11O2S. The number of benzene rings is 1. The second-order valence-electron chi connectivity index (χ2n) is 2.45. The maximum atomic E-state index is 11.0. The third kappa shape index (κ3) is 2.52. The van der Waals surface area contributed by atoms with Gasteiger partial charge in [-0.3, -0.25) is 0 Å². The van der Waals surface area contributed by atoms with E-state index < -0.39 is 11.2 Å². The predicted molar refractivity (Wildman–Crippen MR) is 48.9 cm³/mol. The summed E-state index contributed by atoms with van der Waals surface area (Å²) in [7, 11) is 3.28. The second-order valence-corrected chi connectivity index (χ2v) is 3.83. The van der Waals surface area contributed by atoms with E-state index in [0.29, 0.717) is 6.61 Å². The Hall–Kier alpha value is -0.510. The fraction of sp³-hybridized carbons (Fsp3) is 0.222. The summed E-state index contributed by atoms with van der Waals surface area (Å²) in [5.74, 6) is 0. The largest absolute Gasteiger partial charge is 0.612 e. The van der Waals surface area contributed by atoms with Crippen molar-refractivity contribution in [2.45, 2.75) is 11.5 Å². The Morgan fingerprint density at radius 1 is 1.42 bits per heavy atom. The number of ether oxygens (including phenoxy) is 1. The zero-order valence-electron chi connectivity index (χ0n) is 6.95. The summed E-state index contributed by atoms with van der Waals surface area (Å²) in [5.41, 5.74) is 1.04.